The normalized spacial score (nSPS) is 17.3. The van der Waals surface area contributed by atoms with E-state index in [2.05, 4.69) is 9.82 Å². The molecule has 0 radical (unpaired) electrons. The van der Waals surface area contributed by atoms with Gasteiger partial charge in [0.15, 0.2) is 0 Å². The van der Waals surface area contributed by atoms with E-state index in [0.717, 1.165) is 10.7 Å². The molecule has 1 N–H and O–H groups in total. The third-order valence-electron chi connectivity index (χ3n) is 4.35. The molecule has 1 heterocycles. The Kier molecular flexibility index (Phi) is 5.88. The average molecular weight is 460 g/mol. The van der Waals surface area contributed by atoms with E-state index in [-0.39, 0.29) is 22.8 Å². The number of hydrazone groups is 1. The highest BCUT2D eigenvalue weighted by Crippen LogP contribution is 2.39. The third kappa shape index (κ3) is 4.71. The minimum atomic E-state index is -3.80. The fourth-order valence-electron chi connectivity index (χ4n) is 3.07. The number of nitrogens with one attached hydrogen (secondary N) is 1. The molecule has 2 aromatic rings. The van der Waals surface area contributed by atoms with Crippen LogP contribution in [0.2, 0.25) is 5.02 Å². The van der Waals surface area contributed by atoms with E-state index in [4.69, 9.17) is 11.6 Å². The van der Waals surface area contributed by atoms with Crippen LogP contribution < -0.4 is 4.72 Å². The van der Waals surface area contributed by atoms with Gasteiger partial charge in [-0.15, -0.1) is 0 Å². The maximum atomic E-state index is 14.5. The van der Waals surface area contributed by atoms with Crippen molar-refractivity contribution in [2.75, 3.05) is 16.7 Å². The molecule has 1 aliphatic heterocycles. The Hall–Kier alpha value is -2.17. The molecule has 0 saturated heterocycles. The lowest BCUT2D eigenvalue weighted by atomic mass is 9.98. The van der Waals surface area contributed by atoms with E-state index in [0.29, 0.717) is 17.0 Å². The molecule has 1 unspecified atom stereocenters. The lowest BCUT2D eigenvalue weighted by molar-refractivity contribution is 0.363. The van der Waals surface area contributed by atoms with Gasteiger partial charge in [-0.05, 0) is 36.8 Å². The Morgan fingerprint density at radius 3 is 2.52 bits per heavy atom. The molecule has 29 heavy (non-hydrogen) atoms. The molecule has 0 bridgehead atoms. The van der Waals surface area contributed by atoms with Crippen LogP contribution in [-0.4, -0.2) is 39.0 Å². The van der Waals surface area contributed by atoms with Crippen LogP contribution in [0.5, 0.6) is 0 Å². The largest absolute Gasteiger partial charge is 0.284 e. The van der Waals surface area contributed by atoms with Gasteiger partial charge in [0.05, 0.1) is 23.8 Å². The molecule has 0 fully saturated rings. The molecule has 1 aliphatic rings. The van der Waals surface area contributed by atoms with E-state index >= 15 is 0 Å². The van der Waals surface area contributed by atoms with E-state index in [1.54, 1.807) is 24.3 Å². The number of rotatable bonds is 6. The molecule has 2 aromatic carbocycles. The van der Waals surface area contributed by atoms with Crippen molar-refractivity contribution in [3.63, 3.8) is 0 Å². The number of anilines is 1. The van der Waals surface area contributed by atoms with Crippen molar-refractivity contribution in [1.29, 1.82) is 0 Å². The lowest BCUT2D eigenvalue weighted by Gasteiger charge is -2.23. The summed E-state index contributed by atoms with van der Waals surface area (Å²) < 4.78 is 65.9. The van der Waals surface area contributed by atoms with Crippen molar-refractivity contribution in [2.45, 2.75) is 19.4 Å². The van der Waals surface area contributed by atoms with Gasteiger partial charge in [0, 0.05) is 22.7 Å². The predicted molar refractivity (Wildman–Crippen MR) is 112 cm³/mol. The molecule has 1 atom stereocenters. The number of hydrogen-bond acceptors (Lipinski definition) is 5. The van der Waals surface area contributed by atoms with Crippen LogP contribution in [-0.2, 0) is 20.0 Å². The monoisotopic (exact) mass is 459 g/mol. The molecule has 7 nitrogen and oxygen atoms in total. The molecule has 0 amide bonds. The Morgan fingerprint density at radius 2 is 1.90 bits per heavy atom. The van der Waals surface area contributed by atoms with Crippen LogP contribution in [0.3, 0.4) is 0 Å². The molecule has 0 aromatic heterocycles. The molecular weight excluding hydrogens is 441 g/mol. The van der Waals surface area contributed by atoms with Crippen molar-refractivity contribution >= 4 is 43.0 Å². The first-order valence-corrected chi connectivity index (χ1v) is 12.5. The van der Waals surface area contributed by atoms with Gasteiger partial charge in [-0.3, -0.25) is 4.72 Å². The smallest absolute Gasteiger partial charge is 0.250 e. The summed E-state index contributed by atoms with van der Waals surface area (Å²) in [6.07, 6.45) is 1.11. The lowest BCUT2D eigenvalue weighted by Crippen LogP contribution is -2.29. The van der Waals surface area contributed by atoms with Gasteiger partial charge in [0.2, 0.25) is 20.0 Å². The number of hydrogen-bond donors (Lipinski definition) is 1. The Labute approximate surface area is 174 Å². The summed E-state index contributed by atoms with van der Waals surface area (Å²) in [6.45, 7) is 1.47. The first-order chi connectivity index (χ1) is 13.5. The first kappa shape index (κ1) is 21.5. The summed E-state index contributed by atoms with van der Waals surface area (Å²) in [6, 6.07) is 9.61. The maximum Gasteiger partial charge on any atom is 0.250 e. The van der Waals surface area contributed by atoms with E-state index < -0.39 is 31.9 Å². The number of benzene rings is 2. The molecule has 0 spiro atoms. The molecular formula is C18H19ClFN3O4S2. The summed E-state index contributed by atoms with van der Waals surface area (Å²) >= 11 is 6.17. The highest BCUT2D eigenvalue weighted by atomic mass is 35.5. The van der Waals surface area contributed by atoms with Crippen LogP contribution in [0.4, 0.5) is 10.1 Å². The van der Waals surface area contributed by atoms with Crippen LogP contribution >= 0.6 is 11.6 Å². The van der Waals surface area contributed by atoms with Gasteiger partial charge in [-0.25, -0.2) is 21.2 Å². The topological polar surface area (TPSA) is 95.9 Å². The van der Waals surface area contributed by atoms with Crippen LogP contribution in [0, 0.1) is 5.82 Å². The van der Waals surface area contributed by atoms with E-state index in [1.807, 2.05) is 0 Å². The number of sulfonamides is 2. The van der Waals surface area contributed by atoms with Crippen LogP contribution in [0.15, 0.2) is 47.6 Å². The second kappa shape index (κ2) is 7.92. The van der Waals surface area contributed by atoms with Gasteiger partial charge in [0.25, 0.3) is 0 Å². The van der Waals surface area contributed by atoms with Gasteiger partial charge in [-0.1, -0.05) is 29.8 Å². The maximum absolute atomic E-state index is 14.5. The average Bonchev–Trinajstić information content (AvgIpc) is 3.06. The van der Waals surface area contributed by atoms with E-state index in [9.17, 15) is 21.2 Å². The Bertz CT molecular complexity index is 1160. The van der Waals surface area contributed by atoms with Gasteiger partial charge in [0.1, 0.15) is 5.82 Å². The van der Waals surface area contributed by atoms with Gasteiger partial charge in [-0.2, -0.15) is 9.52 Å². The highest BCUT2D eigenvalue weighted by molar-refractivity contribution is 7.92. The fraction of sp³-hybridized carbons (Fsp3) is 0.278. The SMILES string of the molecule is CCS(=O)(=O)N1N=C(c2cccc(NS(C)(=O)=O)c2)CC1c1c(F)cccc1Cl. The van der Waals surface area contributed by atoms with E-state index in [1.165, 1.54) is 25.1 Å². The molecule has 0 saturated carbocycles. The molecule has 3 rings (SSSR count). The summed E-state index contributed by atoms with van der Waals surface area (Å²) in [4.78, 5) is 0. The first-order valence-electron chi connectivity index (χ1n) is 8.63. The quantitative estimate of drug-likeness (QED) is 0.716. The van der Waals surface area contributed by atoms with Crippen molar-refractivity contribution < 1.29 is 21.2 Å². The van der Waals surface area contributed by atoms with Crippen LogP contribution in [0.1, 0.15) is 30.5 Å². The second-order valence-electron chi connectivity index (χ2n) is 6.53. The minimum Gasteiger partial charge on any atom is -0.284 e. The third-order valence-corrected chi connectivity index (χ3v) is 6.93. The summed E-state index contributed by atoms with van der Waals surface area (Å²) in [5, 5.41) is 4.34. The van der Waals surface area contributed by atoms with Gasteiger partial charge >= 0.3 is 0 Å². The predicted octanol–water partition coefficient (Wildman–Crippen LogP) is 3.35. The minimum absolute atomic E-state index is 0.0513. The molecule has 156 valence electrons. The summed E-state index contributed by atoms with van der Waals surface area (Å²) in [7, 11) is -7.28. The zero-order chi connectivity index (χ0) is 21.4. The summed E-state index contributed by atoms with van der Waals surface area (Å²) in [5.41, 5.74) is 1.26. The highest BCUT2D eigenvalue weighted by Gasteiger charge is 2.38. The van der Waals surface area contributed by atoms with Crippen molar-refractivity contribution in [3.8, 4) is 0 Å². The number of halogens is 2. The van der Waals surface area contributed by atoms with Crippen molar-refractivity contribution in [2.24, 2.45) is 5.10 Å². The molecule has 11 heteroatoms. The van der Waals surface area contributed by atoms with Gasteiger partial charge < -0.3 is 0 Å². The van der Waals surface area contributed by atoms with Crippen molar-refractivity contribution in [1.82, 2.24) is 4.41 Å². The fourth-order valence-corrected chi connectivity index (χ4v) is 4.97. The summed E-state index contributed by atoms with van der Waals surface area (Å²) in [5.74, 6) is -0.843. The zero-order valence-corrected chi connectivity index (χ0v) is 18.0. The Morgan fingerprint density at radius 1 is 1.21 bits per heavy atom. The second-order valence-corrected chi connectivity index (χ2v) is 10.8. The number of nitrogens with zero attached hydrogens (tertiary/aromatic N) is 2. The standard InChI is InChI=1S/C18H19ClFN3O4S2/c1-3-29(26,27)23-17(18-14(19)8-5-9-15(18)20)11-16(21-23)12-6-4-7-13(10-12)22-28(2,24)25/h4-10,17,22H,3,11H2,1-2H3. The van der Waals surface area contributed by atoms with Crippen molar-refractivity contribution in [3.05, 3.63) is 64.4 Å². The van der Waals surface area contributed by atoms with Crippen LogP contribution in [0.25, 0.3) is 0 Å². The Balaban J connectivity index is 2.06. The zero-order valence-electron chi connectivity index (χ0n) is 15.6. The molecule has 0 aliphatic carbocycles.